The molecule has 0 rings (SSSR count). The van der Waals surface area contributed by atoms with Gasteiger partial charge in [-0.05, 0) is 6.92 Å². The van der Waals surface area contributed by atoms with Crippen LogP contribution in [0.3, 0.4) is 0 Å². The van der Waals surface area contributed by atoms with E-state index in [1.54, 1.807) is 0 Å². The van der Waals surface area contributed by atoms with E-state index in [0.717, 1.165) is 0 Å². The molecule has 0 aromatic heterocycles. The van der Waals surface area contributed by atoms with Gasteiger partial charge < -0.3 is 10.1 Å². The average Bonchev–Trinajstić information content (AvgIpc) is 2.30. The predicted octanol–water partition coefficient (Wildman–Crippen LogP) is 1.41. The molecule has 0 aromatic carbocycles. The van der Waals surface area contributed by atoms with Crippen molar-refractivity contribution in [3.63, 3.8) is 0 Å². The number of amides is 1. The van der Waals surface area contributed by atoms with E-state index in [-0.39, 0.29) is 25.2 Å². The quantitative estimate of drug-likeness (QED) is 0.718. The molecule has 0 spiro atoms. The van der Waals surface area contributed by atoms with Crippen LogP contribution in [0.5, 0.6) is 0 Å². The lowest BCUT2D eigenvalue weighted by atomic mass is 10.2. The zero-order chi connectivity index (χ0) is 15.2. The van der Waals surface area contributed by atoms with Crippen molar-refractivity contribution >= 4 is 21.8 Å². The molecule has 1 amide bonds. The van der Waals surface area contributed by atoms with Gasteiger partial charge in [-0.15, -0.1) is 0 Å². The first-order valence-corrected chi connectivity index (χ1v) is 7.63. The molecule has 7 heteroatoms. The molecule has 0 unspecified atom stereocenters. The minimum atomic E-state index is -4.03. The van der Waals surface area contributed by atoms with Gasteiger partial charge in [0.05, 0.1) is 5.75 Å². The molecule has 18 heavy (non-hydrogen) atoms. The fourth-order valence-electron chi connectivity index (χ4n) is 0.697. The Morgan fingerprint density at radius 2 is 1.50 bits per heavy atom. The maximum Gasteiger partial charge on any atom is 0.266 e. The molecule has 0 radical (unpaired) electrons. The lowest BCUT2D eigenvalue weighted by Crippen LogP contribution is -2.28. The molecule has 0 fully saturated rings. The molecule has 6 nitrogen and oxygen atoms in total. The van der Waals surface area contributed by atoms with Gasteiger partial charge in [0.25, 0.3) is 10.1 Å². The lowest BCUT2D eigenvalue weighted by Gasteiger charge is -2.01. The standard InChI is InChI=1S/C7H13NO5S.2C2H6/c1-6(9)2-3-7(10)8-4-5-14(11,12)13;2*1-2/h2-5H2,1H3,(H,8,10)(H,11,12,13);2*1-2H3. The Labute approximate surface area is 110 Å². The van der Waals surface area contributed by atoms with Crippen LogP contribution in [0.15, 0.2) is 0 Å². The van der Waals surface area contributed by atoms with Crippen molar-refractivity contribution in [2.24, 2.45) is 0 Å². The third-order valence-corrected chi connectivity index (χ3v) is 2.11. The highest BCUT2D eigenvalue weighted by Crippen LogP contribution is 1.89. The topological polar surface area (TPSA) is 101 Å². The van der Waals surface area contributed by atoms with Gasteiger partial charge in [0.15, 0.2) is 0 Å². The number of carbonyl (C=O) groups is 2. The first-order valence-electron chi connectivity index (χ1n) is 6.02. The van der Waals surface area contributed by atoms with Gasteiger partial charge in [0.2, 0.25) is 5.91 Å². The third kappa shape index (κ3) is 24.3. The largest absolute Gasteiger partial charge is 0.355 e. The molecule has 0 aliphatic carbocycles. The second kappa shape index (κ2) is 14.1. The second-order valence-corrected chi connectivity index (χ2v) is 4.41. The average molecular weight is 283 g/mol. The summed E-state index contributed by atoms with van der Waals surface area (Å²) >= 11 is 0. The third-order valence-electron chi connectivity index (χ3n) is 1.39. The molecule has 0 bridgehead atoms. The van der Waals surface area contributed by atoms with E-state index in [1.165, 1.54) is 6.92 Å². The van der Waals surface area contributed by atoms with Crippen molar-refractivity contribution < 1.29 is 22.6 Å². The highest BCUT2D eigenvalue weighted by Gasteiger charge is 2.06. The number of hydrogen-bond donors (Lipinski definition) is 2. The van der Waals surface area contributed by atoms with Crippen LogP contribution >= 0.6 is 0 Å². The van der Waals surface area contributed by atoms with Crippen molar-refractivity contribution in [3.8, 4) is 0 Å². The van der Waals surface area contributed by atoms with E-state index in [9.17, 15) is 18.0 Å². The number of ketones is 1. The number of hydrogen-bond acceptors (Lipinski definition) is 4. The Hall–Kier alpha value is -0.950. The van der Waals surface area contributed by atoms with Gasteiger partial charge in [-0.25, -0.2) is 0 Å². The van der Waals surface area contributed by atoms with Crippen LogP contribution in [0.4, 0.5) is 0 Å². The van der Waals surface area contributed by atoms with Crippen molar-refractivity contribution in [2.75, 3.05) is 12.3 Å². The van der Waals surface area contributed by atoms with Crippen LogP contribution in [-0.2, 0) is 19.7 Å². The Morgan fingerprint density at radius 1 is 1.06 bits per heavy atom. The summed E-state index contributed by atoms with van der Waals surface area (Å²) in [7, 11) is -4.03. The fourth-order valence-corrected chi connectivity index (χ4v) is 1.06. The zero-order valence-corrected chi connectivity index (χ0v) is 12.6. The molecule has 0 aliphatic rings. The van der Waals surface area contributed by atoms with E-state index in [0.29, 0.717) is 0 Å². The van der Waals surface area contributed by atoms with E-state index in [1.807, 2.05) is 27.7 Å². The van der Waals surface area contributed by atoms with Crippen LogP contribution in [0.1, 0.15) is 47.5 Å². The number of carbonyl (C=O) groups excluding carboxylic acids is 2. The van der Waals surface area contributed by atoms with Crippen molar-refractivity contribution in [3.05, 3.63) is 0 Å². The Balaban J connectivity index is -0.000000506. The first kappa shape index (κ1) is 22.2. The van der Waals surface area contributed by atoms with Crippen LogP contribution in [0.2, 0.25) is 0 Å². The molecule has 0 saturated heterocycles. The molecule has 0 saturated carbocycles. The van der Waals surface area contributed by atoms with Gasteiger partial charge in [-0.1, -0.05) is 27.7 Å². The van der Waals surface area contributed by atoms with Crippen LogP contribution in [0.25, 0.3) is 0 Å². The van der Waals surface area contributed by atoms with Crippen molar-refractivity contribution in [1.29, 1.82) is 0 Å². The highest BCUT2D eigenvalue weighted by atomic mass is 32.2. The van der Waals surface area contributed by atoms with E-state index in [4.69, 9.17) is 4.55 Å². The monoisotopic (exact) mass is 283 g/mol. The fraction of sp³-hybridized carbons (Fsp3) is 0.818. The van der Waals surface area contributed by atoms with Gasteiger partial charge in [-0.3, -0.25) is 9.35 Å². The summed E-state index contributed by atoms with van der Waals surface area (Å²) in [5.74, 6) is -1.02. The molecule has 0 atom stereocenters. The normalized spacial score (nSPS) is 9.22. The Morgan fingerprint density at radius 3 is 1.83 bits per heavy atom. The molecule has 2 N–H and O–H groups in total. The molecular weight excluding hydrogens is 258 g/mol. The molecule has 0 aliphatic heterocycles. The summed E-state index contributed by atoms with van der Waals surface area (Å²) in [4.78, 5) is 21.4. The molecule has 0 aromatic rings. The highest BCUT2D eigenvalue weighted by molar-refractivity contribution is 7.85. The minimum absolute atomic E-state index is 0.0425. The van der Waals surface area contributed by atoms with Crippen LogP contribution in [-0.4, -0.2) is 37.0 Å². The number of rotatable bonds is 6. The smallest absolute Gasteiger partial charge is 0.266 e. The number of Topliss-reactive ketones (excluding diaryl/α,β-unsaturated/α-hetero) is 1. The molecule has 110 valence electrons. The van der Waals surface area contributed by atoms with Gasteiger partial charge >= 0.3 is 0 Å². The zero-order valence-electron chi connectivity index (χ0n) is 11.8. The van der Waals surface area contributed by atoms with Gasteiger partial charge in [0, 0.05) is 19.4 Å². The molecule has 0 heterocycles. The maximum atomic E-state index is 10.9. The summed E-state index contributed by atoms with van der Waals surface area (Å²) in [6, 6.07) is 0. The van der Waals surface area contributed by atoms with Gasteiger partial charge in [-0.2, -0.15) is 8.42 Å². The summed E-state index contributed by atoms with van der Waals surface area (Å²) in [6.45, 7) is 9.22. The second-order valence-electron chi connectivity index (χ2n) is 2.84. The summed E-state index contributed by atoms with van der Waals surface area (Å²) in [6.07, 6.45) is 0.179. The van der Waals surface area contributed by atoms with Crippen LogP contribution < -0.4 is 5.32 Å². The van der Waals surface area contributed by atoms with E-state index >= 15 is 0 Å². The maximum absolute atomic E-state index is 10.9. The lowest BCUT2D eigenvalue weighted by molar-refractivity contribution is -0.124. The predicted molar refractivity (Wildman–Crippen MR) is 72.0 cm³/mol. The summed E-state index contributed by atoms with van der Waals surface area (Å²) in [5, 5.41) is 2.26. The SMILES string of the molecule is CC.CC.CC(=O)CCC(=O)NCCS(=O)(=O)O. The van der Waals surface area contributed by atoms with Crippen molar-refractivity contribution in [2.45, 2.75) is 47.5 Å². The minimum Gasteiger partial charge on any atom is -0.355 e. The summed E-state index contributed by atoms with van der Waals surface area (Å²) < 4.78 is 28.8. The summed E-state index contributed by atoms with van der Waals surface area (Å²) in [5.41, 5.74) is 0. The van der Waals surface area contributed by atoms with Crippen LogP contribution in [0, 0.1) is 0 Å². The number of nitrogens with one attached hydrogen (secondary N) is 1. The Kier molecular flexibility index (Phi) is 17.4. The van der Waals surface area contributed by atoms with E-state index < -0.39 is 21.8 Å². The Bertz CT molecular complexity index is 311. The van der Waals surface area contributed by atoms with Crippen molar-refractivity contribution in [1.82, 2.24) is 5.32 Å². The first-order chi connectivity index (χ1) is 8.31. The van der Waals surface area contributed by atoms with Gasteiger partial charge in [0.1, 0.15) is 5.78 Å². The van der Waals surface area contributed by atoms with E-state index in [2.05, 4.69) is 5.32 Å². The molecular formula is C11H25NO5S.